The Morgan fingerprint density at radius 1 is 0.750 bits per heavy atom. The van der Waals surface area contributed by atoms with Gasteiger partial charge >= 0.3 is 0 Å². The molecule has 56 heavy (non-hydrogen) atoms. The number of imide groups is 1. The van der Waals surface area contributed by atoms with Crippen molar-refractivity contribution in [3.63, 3.8) is 0 Å². The summed E-state index contributed by atoms with van der Waals surface area (Å²) in [7, 11) is 3.25. The maximum Gasteiger partial charge on any atom is 0.259 e. The lowest BCUT2D eigenvalue weighted by Gasteiger charge is -2.30. The van der Waals surface area contributed by atoms with Gasteiger partial charge in [-0.2, -0.15) is 0 Å². The van der Waals surface area contributed by atoms with Crippen molar-refractivity contribution in [3.05, 3.63) is 125 Å². The predicted molar refractivity (Wildman–Crippen MR) is 207 cm³/mol. The van der Waals surface area contributed by atoms with E-state index in [1.165, 1.54) is 10.5 Å². The number of methoxy groups -OCH3 is 2. The number of rotatable bonds is 17. The molecule has 13 heteroatoms. The molecule has 0 radical (unpaired) electrons. The van der Waals surface area contributed by atoms with E-state index in [0.717, 1.165) is 36.0 Å². The number of fused-ring (bicyclic) bond motifs is 1. The van der Waals surface area contributed by atoms with E-state index in [-0.39, 0.29) is 61.8 Å². The summed E-state index contributed by atoms with van der Waals surface area (Å²) >= 11 is 0. The number of hydrogen-bond acceptors (Lipinski definition) is 9. The van der Waals surface area contributed by atoms with Gasteiger partial charge in [0.25, 0.3) is 17.7 Å². The zero-order chi connectivity index (χ0) is 39.6. The van der Waals surface area contributed by atoms with Gasteiger partial charge in [0.1, 0.15) is 17.5 Å². The Balaban J connectivity index is 0.898. The molecule has 1 saturated heterocycles. The summed E-state index contributed by atoms with van der Waals surface area (Å²) in [6.45, 7) is 4.16. The Kier molecular flexibility index (Phi) is 12.7. The van der Waals surface area contributed by atoms with Gasteiger partial charge in [-0.3, -0.25) is 34.2 Å². The first-order valence-corrected chi connectivity index (χ1v) is 18.3. The van der Waals surface area contributed by atoms with E-state index in [0.29, 0.717) is 34.9 Å². The van der Waals surface area contributed by atoms with Crippen molar-refractivity contribution >= 4 is 35.2 Å². The van der Waals surface area contributed by atoms with Crippen LogP contribution in [-0.2, 0) is 45.1 Å². The summed E-state index contributed by atoms with van der Waals surface area (Å²) in [5.41, 5.74) is 5.01. The molecule has 6 rings (SSSR count). The van der Waals surface area contributed by atoms with Gasteiger partial charge in [0.05, 0.1) is 25.3 Å². The lowest BCUT2D eigenvalue weighted by atomic mass is 10.0. The van der Waals surface area contributed by atoms with Crippen LogP contribution in [0.15, 0.2) is 91.5 Å². The van der Waals surface area contributed by atoms with Gasteiger partial charge in [0, 0.05) is 25.2 Å². The molecule has 3 N–H and O–H groups in total. The molecule has 0 aromatic heterocycles. The van der Waals surface area contributed by atoms with E-state index in [1.54, 1.807) is 32.4 Å². The van der Waals surface area contributed by atoms with E-state index >= 15 is 0 Å². The molecule has 0 spiro atoms. The number of amides is 5. The van der Waals surface area contributed by atoms with E-state index in [1.807, 2.05) is 66.7 Å². The highest BCUT2D eigenvalue weighted by molar-refractivity contribution is 6.13. The molecule has 290 valence electrons. The quantitative estimate of drug-likeness (QED) is 0.132. The Morgan fingerprint density at radius 2 is 1.38 bits per heavy atom. The third kappa shape index (κ3) is 9.53. The fourth-order valence-corrected chi connectivity index (χ4v) is 6.65. The van der Waals surface area contributed by atoms with Gasteiger partial charge < -0.3 is 29.6 Å². The first-order chi connectivity index (χ1) is 27.1. The molecular formula is C43H44N4O9. The topological polar surface area (TPSA) is 162 Å². The van der Waals surface area contributed by atoms with Crippen LogP contribution in [0.4, 0.5) is 0 Å². The van der Waals surface area contributed by atoms with Crippen LogP contribution in [-0.4, -0.2) is 67.9 Å². The highest BCUT2D eigenvalue weighted by Crippen LogP contribution is 2.40. The maximum absolute atomic E-state index is 13.2. The van der Waals surface area contributed by atoms with Crippen LogP contribution in [0.25, 0.3) is 5.70 Å². The summed E-state index contributed by atoms with van der Waals surface area (Å²) in [6.07, 6.45) is 2.98. The number of carbonyl (C=O) groups excluding carboxylic acids is 5. The first kappa shape index (κ1) is 39.1. The highest BCUT2D eigenvalue weighted by atomic mass is 16.5. The number of ether oxygens (including phenoxy) is 4. The number of carbonyl (C=O) groups is 5. The lowest BCUT2D eigenvalue weighted by Crippen LogP contribution is -2.52. The van der Waals surface area contributed by atoms with E-state index in [9.17, 15) is 24.0 Å². The van der Waals surface area contributed by atoms with Crippen molar-refractivity contribution in [1.82, 2.24) is 20.9 Å². The molecule has 2 aliphatic rings. The zero-order valence-corrected chi connectivity index (χ0v) is 31.4. The summed E-state index contributed by atoms with van der Waals surface area (Å²) in [5.74, 6) is 0.358. The molecule has 5 amide bonds. The van der Waals surface area contributed by atoms with Crippen molar-refractivity contribution in [2.24, 2.45) is 0 Å². The van der Waals surface area contributed by atoms with Crippen LogP contribution in [0, 0.1) is 0 Å². The predicted octanol–water partition coefficient (Wildman–Crippen LogP) is 4.50. The largest absolute Gasteiger partial charge is 0.493 e. The summed E-state index contributed by atoms with van der Waals surface area (Å²) in [5, 5.41) is 7.96. The van der Waals surface area contributed by atoms with Crippen molar-refractivity contribution < 1.29 is 42.9 Å². The van der Waals surface area contributed by atoms with Crippen molar-refractivity contribution in [2.75, 3.05) is 27.4 Å². The van der Waals surface area contributed by atoms with Gasteiger partial charge in [0.15, 0.2) is 24.7 Å². The van der Waals surface area contributed by atoms with Gasteiger partial charge in [-0.1, -0.05) is 55.1 Å². The van der Waals surface area contributed by atoms with Crippen molar-refractivity contribution in [3.8, 4) is 23.0 Å². The molecule has 0 bridgehead atoms. The van der Waals surface area contributed by atoms with Gasteiger partial charge in [0.2, 0.25) is 11.8 Å². The first-order valence-electron chi connectivity index (χ1n) is 18.3. The molecular weight excluding hydrogens is 716 g/mol. The Labute approximate surface area is 325 Å². The molecule has 2 aliphatic heterocycles. The van der Waals surface area contributed by atoms with Gasteiger partial charge in [-0.05, 0) is 84.3 Å². The second-order valence-electron chi connectivity index (χ2n) is 13.4. The standard InChI is InChI=1S/C43H44N4O9/c1-27-41-33(43(52)47(27)34-18-20-38(48)46-42(34)51)11-6-12-36(41)56-26-40(50)45-24-31-15-13-30(14-16-31)23-44-39(49)25-55-32-10-5-9-28(21-32)7-4-8-29-17-19-35(53-2)37(22-29)54-3/h5-6,9-17,19,21-22,34H,1,4,7-8,18,20,23-26H2,2-3H3,(H,44,49)(H,45,50)(H,46,48,51). The SMILES string of the molecule is C=C1c2c(OCC(=O)NCc3ccc(CNC(=O)COc4cccc(CCCc5ccc(OC)c(OC)c5)c4)cc3)cccc2C(=O)N1C1CCC(=O)NC1=O. The molecule has 1 fully saturated rings. The van der Waals surface area contributed by atoms with Crippen LogP contribution >= 0.6 is 0 Å². The average molecular weight is 761 g/mol. The minimum atomic E-state index is -0.860. The van der Waals surface area contributed by atoms with E-state index < -0.39 is 17.9 Å². The monoisotopic (exact) mass is 760 g/mol. The van der Waals surface area contributed by atoms with Crippen LogP contribution < -0.4 is 34.9 Å². The van der Waals surface area contributed by atoms with Crippen LogP contribution in [0.5, 0.6) is 23.0 Å². The van der Waals surface area contributed by atoms with Crippen LogP contribution in [0.3, 0.4) is 0 Å². The number of nitrogens with one attached hydrogen (secondary N) is 3. The van der Waals surface area contributed by atoms with E-state index in [4.69, 9.17) is 18.9 Å². The zero-order valence-electron chi connectivity index (χ0n) is 31.4. The molecule has 2 heterocycles. The number of aryl methyl sites for hydroxylation is 2. The second-order valence-corrected chi connectivity index (χ2v) is 13.4. The average Bonchev–Trinajstić information content (AvgIpc) is 3.46. The Bertz CT molecular complexity index is 2130. The number of hydrogen-bond donors (Lipinski definition) is 3. The maximum atomic E-state index is 13.2. The third-order valence-electron chi connectivity index (χ3n) is 9.58. The molecule has 13 nitrogen and oxygen atoms in total. The Morgan fingerprint density at radius 3 is 2.04 bits per heavy atom. The van der Waals surface area contributed by atoms with Crippen LogP contribution in [0.2, 0.25) is 0 Å². The molecule has 1 atom stereocenters. The normalized spacial score (nSPS) is 14.8. The number of nitrogens with zero attached hydrogens (tertiary/aromatic N) is 1. The lowest BCUT2D eigenvalue weighted by molar-refractivity contribution is -0.136. The summed E-state index contributed by atoms with van der Waals surface area (Å²) in [6, 6.07) is 25.2. The summed E-state index contributed by atoms with van der Waals surface area (Å²) < 4.78 is 22.3. The highest BCUT2D eigenvalue weighted by Gasteiger charge is 2.42. The minimum absolute atomic E-state index is 0.115. The third-order valence-corrected chi connectivity index (χ3v) is 9.58. The molecule has 4 aromatic rings. The van der Waals surface area contributed by atoms with Crippen LogP contribution in [0.1, 0.15) is 57.4 Å². The molecule has 4 aromatic carbocycles. The minimum Gasteiger partial charge on any atom is -0.493 e. The fourth-order valence-electron chi connectivity index (χ4n) is 6.65. The van der Waals surface area contributed by atoms with Crippen molar-refractivity contribution in [2.45, 2.75) is 51.2 Å². The van der Waals surface area contributed by atoms with E-state index in [2.05, 4.69) is 22.5 Å². The molecule has 1 unspecified atom stereocenters. The van der Waals surface area contributed by atoms with Gasteiger partial charge in [-0.25, -0.2) is 0 Å². The second kappa shape index (κ2) is 18.1. The summed E-state index contributed by atoms with van der Waals surface area (Å²) in [4.78, 5) is 63.8. The molecule has 0 saturated carbocycles. The number of benzene rings is 4. The Hall–Kier alpha value is -6.63. The number of piperidine rings is 1. The smallest absolute Gasteiger partial charge is 0.259 e. The van der Waals surface area contributed by atoms with Crippen molar-refractivity contribution in [1.29, 1.82) is 0 Å². The van der Waals surface area contributed by atoms with Gasteiger partial charge in [-0.15, -0.1) is 0 Å². The molecule has 0 aliphatic carbocycles. The fraction of sp³-hybridized carbons (Fsp3) is 0.279.